The zero-order chi connectivity index (χ0) is 38.3. The largest absolute Gasteiger partial charge is 0.485 e. The molecular weight excluding hydrogens is 717 g/mol. The van der Waals surface area contributed by atoms with Crippen LogP contribution < -0.4 is 14.2 Å². The lowest BCUT2D eigenvalue weighted by atomic mass is 10.0. The smallest absolute Gasteiger partial charge is 0.336 e. The summed E-state index contributed by atoms with van der Waals surface area (Å²) in [6.45, 7) is 2.51. The summed E-state index contributed by atoms with van der Waals surface area (Å²) in [5, 5.41) is 11.1. The topological polar surface area (TPSA) is 90.8 Å². The van der Waals surface area contributed by atoms with E-state index in [1.807, 2.05) is 67.6 Å². The molecule has 0 aliphatic heterocycles. The van der Waals surface area contributed by atoms with Crippen LogP contribution in [0.1, 0.15) is 27.3 Å². The minimum atomic E-state index is -1.07. The van der Waals surface area contributed by atoms with Gasteiger partial charge in [0.1, 0.15) is 19.0 Å². The van der Waals surface area contributed by atoms with Crippen molar-refractivity contribution >= 4 is 39.0 Å². The molecule has 0 saturated carbocycles. The van der Waals surface area contributed by atoms with Crippen LogP contribution in [0.3, 0.4) is 0 Å². The van der Waals surface area contributed by atoms with Crippen molar-refractivity contribution in [1.82, 2.24) is 9.97 Å². The highest BCUT2D eigenvalue weighted by molar-refractivity contribution is 7.20. The van der Waals surface area contributed by atoms with Crippen LogP contribution in [0.2, 0.25) is 0 Å². The Morgan fingerprint density at radius 2 is 1.23 bits per heavy atom. The summed E-state index contributed by atoms with van der Waals surface area (Å²) in [5.74, 6) is 1.02. The Balaban J connectivity index is 1.17. The fourth-order valence-corrected chi connectivity index (χ4v) is 7.35. The molecule has 0 aliphatic carbocycles. The summed E-state index contributed by atoms with van der Waals surface area (Å²) in [7, 11) is 0. The molecule has 7 nitrogen and oxygen atoms in total. The third kappa shape index (κ3) is 8.36. The predicted molar refractivity (Wildman–Crippen MR) is 223 cm³/mol. The third-order valence-electron chi connectivity index (χ3n) is 9.25. The number of aryl methyl sites for hydroxylation is 1. The second-order valence-electron chi connectivity index (χ2n) is 13.1. The van der Waals surface area contributed by atoms with Gasteiger partial charge in [0.2, 0.25) is 0 Å². The van der Waals surface area contributed by atoms with Crippen LogP contribution in [-0.4, -0.2) is 21.0 Å². The maximum atomic E-state index is 12.6. The van der Waals surface area contributed by atoms with E-state index < -0.39 is 5.97 Å². The Kier molecular flexibility index (Phi) is 10.6. The van der Waals surface area contributed by atoms with E-state index in [1.165, 1.54) is 11.3 Å². The predicted octanol–water partition coefficient (Wildman–Crippen LogP) is 11.9. The summed E-state index contributed by atoms with van der Waals surface area (Å²) in [6.07, 6.45) is 6.45. The van der Waals surface area contributed by atoms with E-state index in [0.717, 1.165) is 49.2 Å². The van der Waals surface area contributed by atoms with E-state index in [2.05, 4.69) is 82.8 Å². The molecule has 56 heavy (non-hydrogen) atoms. The molecule has 8 heteroatoms. The van der Waals surface area contributed by atoms with Crippen molar-refractivity contribution in [3.8, 4) is 45.3 Å². The molecule has 0 fully saturated rings. The number of thiophene rings is 1. The quantitative estimate of drug-likeness (QED) is 0.117. The van der Waals surface area contributed by atoms with Crippen molar-refractivity contribution in [3.05, 3.63) is 191 Å². The van der Waals surface area contributed by atoms with Gasteiger partial charge in [0, 0.05) is 34.2 Å². The fraction of sp³-hybridized carbons (Fsp3) is 0.0625. The van der Waals surface area contributed by atoms with Crippen LogP contribution in [0.15, 0.2) is 164 Å². The molecule has 0 unspecified atom stereocenters. The van der Waals surface area contributed by atoms with Gasteiger partial charge in [0.05, 0.1) is 16.6 Å². The zero-order valence-electron chi connectivity index (χ0n) is 30.5. The van der Waals surface area contributed by atoms with Crippen molar-refractivity contribution in [2.45, 2.75) is 20.1 Å². The zero-order valence-corrected chi connectivity index (χ0v) is 31.3. The summed E-state index contributed by atoms with van der Waals surface area (Å²) in [5.41, 5.74) is 8.02. The third-order valence-corrected chi connectivity index (χ3v) is 10.3. The molecule has 0 spiro atoms. The maximum absolute atomic E-state index is 12.6. The van der Waals surface area contributed by atoms with E-state index in [9.17, 15) is 9.90 Å². The number of hydrogen-bond donors (Lipinski definition) is 1. The van der Waals surface area contributed by atoms with Gasteiger partial charge in [-0.15, -0.1) is 11.3 Å². The number of carboxylic acids is 1. The average molecular weight is 753 g/mol. The number of benzene rings is 5. The number of aliphatic carboxylic acids is 1. The monoisotopic (exact) mass is 752 g/mol. The number of ether oxygens (including phenoxy) is 3. The number of aromatic nitrogens is 2. The fourth-order valence-electron chi connectivity index (χ4n) is 6.26. The highest BCUT2D eigenvalue weighted by Gasteiger charge is 2.21. The molecule has 3 aromatic heterocycles. The molecule has 1 N–H and O–H groups in total. The number of fused-ring (bicyclic) bond motifs is 1. The standard InChI is InChI=1S/C48H36N2O5S/c1-32-12-21-40(29-50-32)55-47-42-26-43(53-30-33-13-17-37(18-14-33)35-8-4-2-5-9-35)44(54-31-34-15-19-38(20-16-34)36-10-6-3-7-11-36)28-45(42)56-46(47)27-41(48(51)52)39-22-24-49-25-23-39/h2-29H,30-31H2,1H3,(H,51,52)/b41-27+. The first-order valence-electron chi connectivity index (χ1n) is 18.1. The van der Waals surface area contributed by atoms with E-state index in [-0.39, 0.29) is 5.57 Å². The van der Waals surface area contributed by atoms with Crippen LogP contribution in [0.25, 0.3) is 44.0 Å². The number of hydrogen-bond acceptors (Lipinski definition) is 7. The van der Waals surface area contributed by atoms with Crippen molar-refractivity contribution in [2.24, 2.45) is 0 Å². The van der Waals surface area contributed by atoms with E-state index in [0.29, 0.717) is 46.7 Å². The van der Waals surface area contributed by atoms with Gasteiger partial charge < -0.3 is 19.3 Å². The lowest BCUT2D eigenvalue weighted by molar-refractivity contribution is -0.130. The van der Waals surface area contributed by atoms with Crippen LogP contribution in [-0.2, 0) is 18.0 Å². The Hall–Kier alpha value is -7.03. The first-order chi connectivity index (χ1) is 27.5. The second kappa shape index (κ2) is 16.5. The van der Waals surface area contributed by atoms with Crippen molar-refractivity contribution in [3.63, 3.8) is 0 Å². The highest BCUT2D eigenvalue weighted by Crippen LogP contribution is 2.47. The second-order valence-corrected chi connectivity index (χ2v) is 14.2. The number of nitrogens with zero attached hydrogens (tertiary/aromatic N) is 2. The molecular formula is C48H36N2O5S. The molecule has 8 aromatic rings. The molecule has 0 aliphatic rings. The Bertz CT molecular complexity index is 2610. The summed E-state index contributed by atoms with van der Waals surface area (Å²) < 4.78 is 20.4. The number of rotatable bonds is 13. The van der Waals surface area contributed by atoms with E-state index in [1.54, 1.807) is 36.8 Å². The van der Waals surface area contributed by atoms with Crippen molar-refractivity contribution in [1.29, 1.82) is 0 Å². The molecule has 8 rings (SSSR count). The van der Waals surface area contributed by atoms with Crippen LogP contribution >= 0.6 is 11.3 Å². The highest BCUT2D eigenvalue weighted by atomic mass is 32.1. The Morgan fingerprint density at radius 1 is 0.679 bits per heavy atom. The maximum Gasteiger partial charge on any atom is 0.336 e. The minimum absolute atomic E-state index is 0.108. The Morgan fingerprint density at radius 3 is 1.77 bits per heavy atom. The van der Waals surface area contributed by atoms with Gasteiger partial charge >= 0.3 is 5.97 Å². The number of pyridine rings is 2. The van der Waals surface area contributed by atoms with Gasteiger partial charge in [-0.3, -0.25) is 9.97 Å². The van der Waals surface area contributed by atoms with Crippen LogP contribution in [0.4, 0.5) is 0 Å². The van der Waals surface area contributed by atoms with Crippen molar-refractivity contribution < 1.29 is 24.1 Å². The molecule has 274 valence electrons. The van der Waals surface area contributed by atoms with E-state index in [4.69, 9.17) is 14.2 Å². The van der Waals surface area contributed by atoms with Gasteiger partial charge in [-0.25, -0.2) is 4.79 Å². The lowest BCUT2D eigenvalue weighted by Gasteiger charge is -2.15. The first-order valence-corrected chi connectivity index (χ1v) is 18.9. The van der Waals surface area contributed by atoms with Gasteiger partial charge in [-0.2, -0.15) is 0 Å². The molecule has 0 radical (unpaired) electrons. The minimum Gasteiger partial charge on any atom is -0.485 e. The van der Waals surface area contributed by atoms with E-state index >= 15 is 0 Å². The average Bonchev–Trinajstić information content (AvgIpc) is 3.57. The van der Waals surface area contributed by atoms with Crippen molar-refractivity contribution in [2.75, 3.05) is 0 Å². The summed E-state index contributed by atoms with van der Waals surface area (Å²) >= 11 is 1.41. The molecule has 0 atom stereocenters. The van der Waals surface area contributed by atoms with Gasteiger partial charge in [-0.1, -0.05) is 109 Å². The van der Waals surface area contributed by atoms with Crippen LogP contribution in [0.5, 0.6) is 23.0 Å². The first kappa shape index (κ1) is 36.0. The molecule has 5 aromatic carbocycles. The molecule has 3 heterocycles. The lowest BCUT2D eigenvalue weighted by Crippen LogP contribution is -2.01. The molecule has 0 bridgehead atoms. The molecule has 0 amide bonds. The van der Waals surface area contributed by atoms with Gasteiger partial charge in [0.25, 0.3) is 0 Å². The molecule has 0 saturated heterocycles. The van der Waals surface area contributed by atoms with Gasteiger partial charge in [-0.05, 0) is 82.3 Å². The SMILES string of the molecule is Cc1ccc(Oc2c(/C=C(/C(=O)O)c3ccncc3)sc3cc(OCc4ccc(-c5ccccc5)cc4)c(OCc4ccc(-c5ccccc5)cc4)cc23)cn1. The Labute approximate surface area is 328 Å². The number of carboxylic acid groups (broad SMARTS) is 1. The normalized spacial score (nSPS) is 11.3. The summed E-state index contributed by atoms with van der Waals surface area (Å²) in [4.78, 5) is 21.7. The van der Waals surface area contributed by atoms with Crippen LogP contribution in [0, 0.1) is 6.92 Å². The summed E-state index contributed by atoms with van der Waals surface area (Å²) in [6, 6.07) is 48.1. The van der Waals surface area contributed by atoms with Gasteiger partial charge in [0.15, 0.2) is 17.2 Å². The number of carbonyl (C=O) groups is 1.